The summed E-state index contributed by atoms with van der Waals surface area (Å²) in [5, 5.41) is 10.3. The van der Waals surface area contributed by atoms with Crippen molar-refractivity contribution >= 4 is 5.91 Å². The molecule has 1 aromatic carbocycles. The van der Waals surface area contributed by atoms with Gasteiger partial charge in [0.25, 0.3) is 0 Å². The molecule has 0 aromatic heterocycles. The summed E-state index contributed by atoms with van der Waals surface area (Å²) in [6.45, 7) is 5.43. The summed E-state index contributed by atoms with van der Waals surface area (Å²) in [4.78, 5) is 13.7. The maximum absolute atomic E-state index is 12.2. The molecular formula is C16H24N2O2. The van der Waals surface area contributed by atoms with Crippen LogP contribution in [0.15, 0.2) is 43.0 Å². The van der Waals surface area contributed by atoms with Crippen LogP contribution in [0.25, 0.3) is 0 Å². The number of rotatable bonds is 7. The van der Waals surface area contributed by atoms with Crippen molar-refractivity contribution < 1.29 is 9.90 Å². The van der Waals surface area contributed by atoms with Gasteiger partial charge in [0.15, 0.2) is 0 Å². The van der Waals surface area contributed by atoms with E-state index in [1.807, 2.05) is 37.3 Å². The predicted molar refractivity (Wildman–Crippen MR) is 81.0 cm³/mol. The van der Waals surface area contributed by atoms with E-state index in [0.29, 0.717) is 12.8 Å². The van der Waals surface area contributed by atoms with E-state index in [4.69, 9.17) is 5.73 Å². The number of benzene rings is 1. The lowest BCUT2D eigenvalue weighted by molar-refractivity contribution is -0.135. The number of likely N-dealkylation sites (N-methyl/N-ethyl adjacent to an activating group) is 1. The van der Waals surface area contributed by atoms with Gasteiger partial charge in [-0.05, 0) is 25.3 Å². The minimum Gasteiger partial charge on any atom is -0.386 e. The molecule has 3 atom stereocenters. The molecule has 20 heavy (non-hydrogen) atoms. The molecule has 0 fully saturated rings. The number of aliphatic hydroxyl groups excluding tert-OH is 1. The fraction of sp³-hybridized carbons (Fsp3) is 0.438. The Hall–Kier alpha value is -1.65. The third kappa shape index (κ3) is 4.18. The summed E-state index contributed by atoms with van der Waals surface area (Å²) < 4.78 is 0. The number of nitrogens with zero attached hydrogens (tertiary/aromatic N) is 1. The third-order valence-corrected chi connectivity index (χ3v) is 3.56. The highest BCUT2D eigenvalue weighted by atomic mass is 16.3. The van der Waals surface area contributed by atoms with Crippen molar-refractivity contribution in [2.24, 2.45) is 5.73 Å². The molecule has 0 aliphatic carbocycles. The second-order valence-corrected chi connectivity index (χ2v) is 5.02. The van der Waals surface area contributed by atoms with Gasteiger partial charge in [-0.25, -0.2) is 0 Å². The summed E-state index contributed by atoms with van der Waals surface area (Å²) >= 11 is 0. The fourth-order valence-electron chi connectivity index (χ4n) is 2.02. The number of hydrogen-bond donors (Lipinski definition) is 2. The summed E-state index contributed by atoms with van der Waals surface area (Å²) in [6, 6.07) is 8.42. The van der Waals surface area contributed by atoms with E-state index in [1.54, 1.807) is 13.1 Å². The highest BCUT2D eigenvalue weighted by molar-refractivity contribution is 5.81. The zero-order valence-corrected chi connectivity index (χ0v) is 12.2. The quantitative estimate of drug-likeness (QED) is 0.747. The molecule has 3 N–H and O–H groups in total. The Kier molecular flexibility index (Phi) is 6.42. The Morgan fingerprint density at radius 1 is 1.45 bits per heavy atom. The lowest BCUT2D eigenvalue weighted by atomic mass is 10.0. The molecule has 0 saturated heterocycles. The Morgan fingerprint density at radius 2 is 2.05 bits per heavy atom. The van der Waals surface area contributed by atoms with Crippen LogP contribution in [-0.2, 0) is 4.79 Å². The van der Waals surface area contributed by atoms with Crippen molar-refractivity contribution in [3.05, 3.63) is 48.6 Å². The number of amides is 1. The van der Waals surface area contributed by atoms with Gasteiger partial charge < -0.3 is 15.7 Å². The largest absolute Gasteiger partial charge is 0.386 e. The van der Waals surface area contributed by atoms with E-state index < -0.39 is 12.1 Å². The van der Waals surface area contributed by atoms with E-state index in [9.17, 15) is 9.90 Å². The first-order chi connectivity index (χ1) is 9.49. The minimum absolute atomic E-state index is 0.158. The van der Waals surface area contributed by atoms with Crippen LogP contribution in [0.1, 0.15) is 31.4 Å². The first-order valence-electron chi connectivity index (χ1n) is 6.85. The highest BCUT2D eigenvalue weighted by Crippen LogP contribution is 2.20. The average Bonchev–Trinajstić information content (AvgIpc) is 2.50. The SMILES string of the molecule is C=CCCC(N)C(=O)N(C)C(C)[C@H](O)c1ccccc1. The molecule has 0 radical (unpaired) electrons. The van der Waals surface area contributed by atoms with Crippen molar-refractivity contribution in [3.63, 3.8) is 0 Å². The molecule has 0 spiro atoms. The average molecular weight is 276 g/mol. The van der Waals surface area contributed by atoms with Crippen LogP contribution < -0.4 is 5.73 Å². The minimum atomic E-state index is -0.725. The first kappa shape index (κ1) is 16.4. The van der Waals surface area contributed by atoms with Gasteiger partial charge in [0, 0.05) is 7.05 Å². The van der Waals surface area contributed by atoms with Gasteiger partial charge in [0.05, 0.1) is 18.2 Å². The summed E-state index contributed by atoms with van der Waals surface area (Å²) in [5.74, 6) is -0.158. The van der Waals surface area contributed by atoms with Crippen molar-refractivity contribution in [3.8, 4) is 0 Å². The second-order valence-electron chi connectivity index (χ2n) is 5.02. The van der Waals surface area contributed by atoms with Gasteiger partial charge in [-0.1, -0.05) is 36.4 Å². The number of hydrogen-bond acceptors (Lipinski definition) is 3. The molecule has 110 valence electrons. The van der Waals surface area contributed by atoms with Crippen LogP contribution in [-0.4, -0.2) is 35.0 Å². The molecule has 0 aliphatic rings. The van der Waals surface area contributed by atoms with Crippen molar-refractivity contribution in [1.82, 2.24) is 4.90 Å². The number of carbonyl (C=O) groups is 1. The molecular weight excluding hydrogens is 252 g/mol. The number of aliphatic hydroxyl groups is 1. The van der Waals surface area contributed by atoms with Crippen LogP contribution >= 0.6 is 0 Å². The van der Waals surface area contributed by atoms with Gasteiger partial charge in [-0.3, -0.25) is 4.79 Å². The van der Waals surface area contributed by atoms with Crippen LogP contribution in [0.3, 0.4) is 0 Å². The maximum Gasteiger partial charge on any atom is 0.239 e. The summed E-state index contributed by atoms with van der Waals surface area (Å²) in [6.07, 6.45) is 2.30. The maximum atomic E-state index is 12.2. The van der Waals surface area contributed by atoms with E-state index >= 15 is 0 Å². The van der Waals surface area contributed by atoms with Crippen LogP contribution in [0, 0.1) is 0 Å². The lowest BCUT2D eigenvalue weighted by Crippen LogP contribution is -2.47. The topological polar surface area (TPSA) is 66.6 Å². The van der Waals surface area contributed by atoms with Crippen molar-refractivity contribution in [1.29, 1.82) is 0 Å². The van der Waals surface area contributed by atoms with Gasteiger partial charge in [-0.2, -0.15) is 0 Å². The second kappa shape index (κ2) is 7.82. The smallest absolute Gasteiger partial charge is 0.239 e. The molecule has 1 amide bonds. The van der Waals surface area contributed by atoms with E-state index in [0.717, 1.165) is 5.56 Å². The molecule has 0 bridgehead atoms. The van der Waals surface area contributed by atoms with E-state index in [1.165, 1.54) is 4.90 Å². The van der Waals surface area contributed by atoms with Gasteiger partial charge in [-0.15, -0.1) is 6.58 Å². The van der Waals surface area contributed by atoms with E-state index in [2.05, 4.69) is 6.58 Å². The molecule has 1 rings (SSSR count). The lowest BCUT2D eigenvalue weighted by Gasteiger charge is -2.31. The van der Waals surface area contributed by atoms with E-state index in [-0.39, 0.29) is 11.9 Å². The van der Waals surface area contributed by atoms with Gasteiger partial charge in [0.1, 0.15) is 0 Å². The summed E-state index contributed by atoms with van der Waals surface area (Å²) in [7, 11) is 1.67. The Morgan fingerprint density at radius 3 is 2.60 bits per heavy atom. The normalized spacial score (nSPS) is 15.2. The molecule has 0 heterocycles. The number of allylic oxidation sites excluding steroid dienone is 1. The van der Waals surface area contributed by atoms with Gasteiger partial charge >= 0.3 is 0 Å². The molecule has 2 unspecified atom stereocenters. The molecule has 4 heteroatoms. The van der Waals surface area contributed by atoms with Crippen LogP contribution in [0.2, 0.25) is 0 Å². The highest BCUT2D eigenvalue weighted by Gasteiger charge is 2.26. The first-order valence-corrected chi connectivity index (χ1v) is 6.85. The summed E-state index contributed by atoms with van der Waals surface area (Å²) in [5.41, 5.74) is 6.65. The molecule has 0 saturated carbocycles. The number of carbonyl (C=O) groups excluding carboxylic acids is 1. The zero-order chi connectivity index (χ0) is 15.1. The van der Waals surface area contributed by atoms with Crippen molar-refractivity contribution in [2.75, 3.05) is 7.05 Å². The Balaban J connectivity index is 2.68. The molecule has 1 aromatic rings. The standard InChI is InChI=1S/C16H24N2O2/c1-4-5-11-14(17)16(20)18(3)12(2)15(19)13-9-7-6-8-10-13/h4,6-10,12,14-15,19H,1,5,11,17H2,2-3H3/t12?,14?,15-/m0/s1. The zero-order valence-electron chi connectivity index (χ0n) is 12.2. The Labute approximate surface area is 120 Å². The van der Waals surface area contributed by atoms with Gasteiger partial charge in [0.2, 0.25) is 5.91 Å². The Bertz CT molecular complexity index is 433. The molecule has 0 aliphatic heterocycles. The molecule has 4 nitrogen and oxygen atoms in total. The van der Waals surface area contributed by atoms with Crippen LogP contribution in [0.5, 0.6) is 0 Å². The van der Waals surface area contributed by atoms with Crippen molar-refractivity contribution in [2.45, 2.75) is 38.0 Å². The predicted octanol–water partition coefficient (Wildman–Crippen LogP) is 1.86. The third-order valence-electron chi connectivity index (χ3n) is 3.56. The monoisotopic (exact) mass is 276 g/mol. The van der Waals surface area contributed by atoms with Crippen LogP contribution in [0.4, 0.5) is 0 Å². The fourth-order valence-corrected chi connectivity index (χ4v) is 2.02. The number of nitrogens with two attached hydrogens (primary N) is 1.